The van der Waals surface area contributed by atoms with Crippen LogP contribution in [0.3, 0.4) is 0 Å². The second kappa shape index (κ2) is 7.03. The summed E-state index contributed by atoms with van der Waals surface area (Å²) in [6.07, 6.45) is 1.58. The van der Waals surface area contributed by atoms with Crippen LogP contribution < -0.4 is 0 Å². The monoisotopic (exact) mass is 354 g/mol. The van der Waals surface area contributed by atoms with E-state index in [4.69, 9.17) is 4.74 Å². The summed E-state index contributed by atoms with van der Waals surface area (Å²) < 4.78 is 5.41. The molecule has 0 saturated carbocycles. The van der Waals surface area contributed by atoms with Crippen LogP contribution in [0.15, 0.2) is 30.3 Å². The number of carbonyl (C=O) groups excluding carboxylic acids is 2. The summed E-state index contributed by atoms with van der Waals surface area (Å²) in [7, 11) is 0. The van der Waals surface area contributed by atoms with E-state index in [-0.39, 0.29) is 17.4 Å². The van der Waals surface area contributed by atoms with E-state index in [0.29, 0.717) is 13.1 Å². The molecule has 0 aromatic heterocycles. The van der Waals surface area contributed by atoms with Gasteiger partial charge < -0.3 is 14.5 Å². The Bertz CT molecular complexity index is 724. The average molecular weight is 354 g/mol. The molecule has 2 amide bonds. The Hall–Kier alpha value is -2.48. The van der Waals surface area contributed by atoms with Crippen molar-refractivity contribution in [3.63, 3.8) is 0 Å². The number of piperidine rings is 1. The van der Waals surface area contributed by atoms with Crippen molar-refractivity contribution in [3.05, 3.63) is 35.9 Å². The molecule has 3 rings (SSSR count). The van der Waals surface area contributed by atoms with Crippen LogP contribution in [0.4, 0.5) is 4.79 Å². The molecule has 0 radical (unpaired) electrons. The number of nitrogens with zero attached hydrogens (tertiary/aromatic N) is 2. The minimum atomic E-state index is -0.465. The van der Waals surface area contributed by atoms with Gasteiger partial charge in [-0.2, -0.15) is 0 Å². The van der Waals surface area contributed by atoms with Gasteiger partial charge in [0.05, 0.1) is 0 Å². The summed E-state index contributed by atoms with van der Waals surface area (Å²) in [5.74, 6) is 5.54. The first kappa shape index (κ1) is 18.3. The van der Waals surface area contributed by atoms with Crippen LogP contribution in [0.25, 0.3) is 0 Å². The molecule has 1 spiro atoms. The highest BCUT2D eigenvalue weighted by Gasteiger charge is 2.48. The van der Waals surface area contributed by atoms with Gasteiger partial charge in [0.25, 0.3) is 5.91 Å². The van der Waals surface area contributed by atoms with E-state index in [9.17, 15) is 9.59 Å². The standard InChI is InChI=1S/C21H26N2O3/c1-20(2,3)26-19(25)23-15-21(16-23)11-13-22(14-12-21)18(24)10-9-17-7-5-4-6-8-17/h4-8H,11-16H2,1-3H3. The van der Waals surface area contributed by atoms with Crippen molar-refractivity contribution in [2.75, 3.05) is 26.2 Å². The Morgan fingerprint density at radius 2 is 1.65 bits per heavy atom. The van der Waals surface area contributed by atoms with E-state index in [1.807, 2.05) is 56.0 Å². The molecule has 1 aromatic carbocycles. The zero-order chi connectivity index (χ0) is 18.8. The molecule has 0 aliphatic carbocycles. The fraction of sp³-hybridized carbons (Fsp3) is 0.524. The lowest BCUT2D eigenvalue weighted by Crippen LogP contribution is -2.62. The molecular weight excluding hydrogens is 328 g/mol. The first-order valence-corrected chi connectivity index (χ1v) is 9.10. The SMILES string of the molecule is CC(C)(C)OC(=O)N1CC2(CCN(C(=O)C#Cc3ccccc3)CC2)C1. The Labute approximate surface area is 155 Å². The lowest BCUT2D eigenvalue weighted by molar-refractivity contribution is -0.130. The van der Waals surface area contributed by atoms with Gasteiger partial charge in [-0.1, -0.05) is 24.1 Å². The number of benzene rings is 1. The summed E-state index contributed by atoms with van der Waals surface area (Å²) in [5.41, 5.74) is 0.523. The molecule has 5 nitrogen and oxygen atoms in total. The number of rotatable bonds is 0. The van der Waals surface area contributed by atoms with Gasteiger partial charge in [0.1, 0.15) is 5.60 Å². The van der Waals surface area contributed by atoms with E-state index in [1.54, 1.807) is 4.90 Å². The fourth-order valence-corrected chi connectivity index (χ4v) is 3.45. The van der Waals surface area contributed by atoms with Gasteiger partial charge in [-0.15, -0.1) is 0 Å². The molecule has 2 fully saturated rings. The summed E-state index contributed by atoms with van der Waals surface area (Å²) >= 11 is 0. The van der Waals surface area contributed by atoms with Crippen molar-refractivity contribution >= 4 is 12.0 Å². The van der Waals surface area contributed by atoms with Crippen molar-refractivity contribution in [3.8, 4) is 11.8 Å². The number of hydrogen-bond donors (Lipinski definition) is 0. The van der Waals surface area contributed by atoms with E-state index in [0.717, 1.165) is 31.5 Å². The Balaban J connectivity index is 1.47. The molecule has 2 heterocycles. The first-order valence-electron chi connectivity index (χ1n) is 9.10. The van der Waals surface area contributed by atoms with Gasteiger partial charge in [-0.25, -0.2) is 4.79 Å². The Morgan fingerprint density at radius 1 is 1.04 bits per heavy atom. The minimum Gasteiger partial charge on any atom is -0.444 e. The molecule has 0 atom stereocenters. The summed E-state index contributed by atoms with van der Waals surface area (Å²) in [6.45, 7) is 8.47. The highest BCUT2D eigenvalue weighted by atomic mass is 16.6. The number of hydrogen-bond acceptors (Lipinski definition) is 3. The molecule has 2 aliphatic rings. The maximum absolute atomic E-state index is 12.3. The van der Waals surface area contributed by atoms with Crippen molar-refractivity contribution in [2.24, 2.45) is 5.41 Å². The van der Waals surface area contributed by atoms with Crippen LogP contribution in [-0.2, 0) is 9.53 Å². The van der Waals surface area contributed by atoms with Gasteiger partial charge in [0, 0.05) is 43.1 Å². The quantitative estimate of drug-likeness (QED) is 0.673. The highest BCUT2D eigenvalue weighted by molar-refractivity contribution is 5.94. The Kier molecular flexibility index (Phi) is 4.95. The molecule has 0 bridgehead atoms. The maximum Gasteiger partial charge on any atom is 0.410 e. The van der Waals surface area contributed by atoms with Crippen molar-refractivity contribution < 1.29 is 14.3 Å². The van der Waals surface area contributed by atoms with Gasteiger partial charge in [-0.05, 0) is 45.7 Å². The molecule has 26 heavy (non-hydrogen) atoms. The van der Waals surface area contributed by atoms with Gasteiger partial charge >= 0.3 is 6.09 Å². The van der Waals surface area contributed by atoms with Gasteiger partial charge in [0.15, 0.2) is 0 Å². The van der Waals surface area contributed by atoms with Crippen LogP contribution in [0.5, 0.6) is 0 Å². The van der Waals surface area contributed by atoms with Crippen molar-refractivity contribution in [1.29, 1.82) is 0 Å². The smallest absolute Gasteiger partial charge is 0.410 e. The van der Waals surface area contributed by atoms with Crippen LogP contribution in [0.2, 0.25) is 0 Å². The molecular formula is C21H26N2O3. The molecule has 2 saturated heterocycles. The predicted octanol–water partition coefficient (Wildman–Crippen LogP) is 2.90. The number of ether oxygens (including phenoxy) is 1. The lowest BCUT2D eigenvalue weighted by atomic mass is 9.72. The van der Waals surface area contributed by atoms with E-state index in [2.05, 4.69) is 11.8 Å². The van der Waals surface area contributed by atoms with Crippen molar-refractivity contribution in [1.82, 2.24) is 9.80 Å². The predicted molar refractivity (Wildman–Crippen MR) is 99.4 cm³/mol. The van der Waals surface area contributed by atoms with Crippen LogP contribution in [-0.4, -0.2) is 53.6 Å². The van der Waals surface area contributed by atoms with Crippen molar-refractivity contribution in [2.45, 2.75) is 39.2 Å². The average Bonchev–Trinajstić information content (AvgIpc) is 2.57. The number of amides is 2. The third-order valence-corrected chi connectivity index (χ3v) is 4.90. The molecule has 5 heteroatoms. The second-order valence-electron chi connectivity index (χ2n) is 8.24. The number of likely N-dealkylation sites (tertiary alicyclic amines) is 2. The third kappa shape index (κ3) is 4.37. The summed E-state index contributed by atoms with van der Waals surface area (Å²) in [4.78, 5) is 27.9. The summed E-state index contributed by atoms with van der Waals surface area (Å²) in [5, 5.41) is 0. The van der Waals surface area contributed by atoms with Crippen LogP contribution in [0.1, 0.15) is 39.2 Å². The third-order valence-electron chi connectivity index (χ3n) is 4.90. The highest BCUT2D eigenvalue weighted by Crippen LogP contribution is 2.40. The normalized spacial score (nSPS) is 18.6. The number of carbonyl (C=O) groups is 2. The molecule has 138 valence electrons. The minimum absolute atomic E-state index is 0.118. The Morgan fingerprint density at radius 3 is 2.23 bits per heavy atom. The first-order chi connectivity index (χ1) is 12.3. The summed E-state index contributed by atoms with van der Waals surface area (Å²) in [6, 6.07) is 9.53. The molecule has 2 aliphatic heterocycles. The van der Waals surface area contributed by atoms with Gasteiger partial charge in [0.2, 0.25) is 0 Å². The molecule has 0 unspecified atom stereocenters. The fourth-order valence-electron chi connectivity index (χ4n) is 3.45. The lowest BCUT2D eigenvalue weighted by Gasteiger charge is -2.53. The largest absolute Gasteiger partial charge is 0.444 e. The van der Waals surface area contributed by atoms with Crippen LogP contribution in [0, 0.1) is 17.3 Å². The maximum atomic E-state index is 12.3. The van der Waals surface area contributed by atoms with Gasteiger partial charge in [-0.3, -0.25) is 4.79 Å². The topological polar surface area (TPSA) is 49.9 Å². The zero-order valence-corrected chi connectivity index (χ0v) is 15.7. The van der Waals surface area contributed by atoms with E-state index in [1.165, 1.54) is 0 Å². The van der Waals surface area contributed by atoms with E-state index >= 15 is 0 Å². The zero-order valence-electron chi connectivity index (χ0n) is 15.7. The van der Waals surface area contributed by atoms with E-state index < -0.39 is 5.60 Å². The van der Waals surface area contributed by atoms with Crippen LogP contribution >= 0.6 is 0 Å². The molecule has 0 N–H and O–H groups in total. The molecule has 1 aromatic rings. The second-order valence-corrected chi connectivity index (χ2v) is 8.24.